The van der Waals surface area contributed by atoms with Crippen LogP contribution in [0.2, 0.25) is 0 Å². The number of sulfone groups is 1. The molecule has 0 aliphatic carbocycles. The topological polar surface area (TPSA) is 86.8 Å². The quantitative estimate of drug-likeness (QED) is 0.805. The molecular weight excluding hydrogens is 342 g/mol. The summed E-state index contributed by atoms with van der Waals surface area (Å²) in [5.74, 6) is -0.222. The second kappa shape index (κ2) is 7.97. The zero-order valence-corrected chi connectivity index (χ0v) is 15.7. The molecule has 1 aliphatic rings. The molecule has 8 heteroatoms. The number of hydrogen-bond donors (Lipinski definition) is 1. The zero-order chi connectivity index (χ0) is 18.6. The van der Waals surface area contributed by atoms with E-state index < -0.39 is 9.84 Å². The summed E-state index contributed by atoms with van der Waals surface area (Å²) in [5, 5.41) is 2.99. The Morgan fingerprint density at radius 2 is 1.76 bits per heavy atom. The van der Waals surface area contributed by atoms with E-state index in [1.165, 1.54) is 12.1 Å². The SMILES string of the molecule is CNCC(C)C(=O)N1CCN(C(=O)c2cccc(S(C)(=O)=O)c2)CC1. The zero-order valence-electron chi connectivity index (χ0n) is 14.9. The summed E-state index contributed by atoms with van der Waals surface area (Å²) in [6.45, 7) is 4.37. The van der Waals surface area contributed by atoms with Crippen LogP contribution in [0.4, 0.5) is 0 Å². The van der Waals surface area contributed by atoms with Gasteiger partial charge in [-0.1, -0.05) is 13.0 Å². The second-order valence-corrected chi connectivity index (χ2v) is 8.39. The minimum absolute atomic E-state index is 0.0838. The highest BCUT2D eigenvalue weighted by Gasteiger charge is 2.27. The molecular formula is C17H25N3O4S. The number of hydrogen-bond acceptors (Lipinski definition) is 5. The third-order valence-corrected chi connectivity index (χ3v) is 5.43. The highest BCUT2D eigenvalue weighted by atomic mass is 32.2. The third kappa shape index (κ3) is 4.79. The van der Waals surface area contributed by atoms with Gasteiger partial charge in [-0.3, -0.25) is 9.59 Å². The number of benzene rings is 1. The minimum atomic E-state index is -3.35. The van der Waals surface area contributed by atoms with Gasteiger partial charge in [0.15, 0.2) is 9.84 Å². The first-order valence-electron chi connectivity index (χ1n) is 8.27. The van der Waals surface area contributed by atoms with E-state index in [1.54, 1.807) is 21.9 Å². The van der Waals surface area contributed by atoms with Gasteiger partial charge >= 0.3 is 0 Å². The van der Waals surface area contributed by atoms with Crippen LogP contribution in [0.25, 0.3) is 0 Å². The number of carbonyl (C=O) groups excluding carboxylic acids is 2. The first-order chi connectivity index (χ1) is 11.7. The van der Waals surface area contributed by atoms with Crippen LogP contribution in [0.5, 0.6) is 0 Å². The van der Waals surface area contributed by atoms with Crippen molar-refractivity contribution in [2.45, 2.75) is 11.8 Å². The van der Waals surface area contributed by atoms with Crippen LogP contribution >= 0.6 is 0 Å². The van der Waals surface area contributed by atoms with E-state index in [-0.39, 0.29) is 22.6 Å². The maximum absolute atomic E-state index is 12.6. The summed E-state index contributed by atoms with van der Waals surface area (Å²) in [7, 11) is -1.54. The number of carbonyl (C=O) groups is 2. The number of piperazine rings is 1. The lowest BCUT2D eigenvalue weighted by Gasteiger charge is -2.36. The van der Waals surface area contributed by atoms with E-state index in [4.69, 9.17) is 0 Å². The van der Waals surface area contributed by atoms with Gasteiger partial charge in [0.05, 0.1) is 4.90 Å². The molecule has 0 bridgehead atoms. The molecule has 2 amide bonds. The van der Waals surface area contributed by atoms with Crippen molar-refractivity contribution in [2.75, 3.05) is 46.0 Å². The van der Waals surface area contributed by atoms with Crippen molar-refractivity contribution in [3.63, 3.8) is 0 Å². The van der Waals surface area contributed by atoms with Crippen molar-refractivity contribution in [1.29, 1.82) is 0 Å². The highest BCUT2D eigenvalue weighted by Crippen LogP contribution is 2.15. The summed E-state index contributed by atoms with van der Waals surface area (Å²) in [5.41, 5.74) is 0.353. The Balaban J connectivity index is 2.01. The minimum Gasteiger partial charge on any atom is -0.339 e. The van der Waals surface area contributed by atoms with E-state index in [1.807, 2.05) is 14.0 Å². The Labute approximate surface area is 148 Å². The maximum atomic E-state index is 12.6. The fraction of sp³-hybridized carbons (Fsp3) is 0.529. The van der Waals surface area contributed by atoms with Crippen LogP contribution in [0.15, 0.2) is 29.2 Å². The third-order valence-electron chi connectivity index (χ3n) is 4.32. The Morgan fingerprint density at radius 3 is 2.32 bits per heavy atom. The average molecular weight is 367 g/mol. The molecule has 0 aromatic heterocycles. The summed E-state index contributed by atoms with van der Waals surface area (Å²) in [6, 6.07) is 6.07. The van der Waals surface area contributed by atoms with E-state index in [0.717, 1.165) is 6.26 Å². The number of rotatable bonds is 5. The highest BCUT2D eigenvalue weighted by molar-refractivity contribution is 7.90. The van der Waals surface area contributed by atoms with Gasteiger partial charge in [0.2, 0.25) is 5.91 Å². The number of nitrogens with one attached hydrogen (secondary N) is 1. The van der Waals surface area contributed by atoms with Crippen molar-refractivity contribution in [2.24, 2.45) is 5.92 Å². The molecule has 25 heavy (non-hydrogen) atoms. The molecule has 1 aromatic rings. The number of amides is 2. The van der Waals surface area contributed by atoms with Gasteiger partial charge in [0.1, 0.15) is 0 Å². The molecule has 1 N–H and O–H groups in total. The molecule has 138 valence electrons. The van der Waals surface area contributed by atoms with Gasteiger partial charge in [-0.25, -0.2) is 8.42 Å². The summed E-state index contributed by atoms with van der Waals surface area (Å²) < 4.78 is 23.3. The molecule has 1 aliphatic heterocycles. The molecule has 1 unspecified atom stereocenters. The van der Waals surface area contributed by atoms with Crippen molar-refractivity contribution >= 4 is 21.7 Å². The van der Waals surface area contributed by atoms with Gasteiger partial charge in [-0.15, -0.1) is 0 Å². The molecule has 1 aromatic carbocycles. The predicted octanol–water partition coefficient (Wildman–Crippen LogP) is 0.230. The van der Waals surface area contributed by atoms with Gasteiger partial charge in [-0.2, -0.15) is 0 Å². The second-order valence-electron chi connectivity index (χ2n) is 6.38. The Hall–Kier alpha value is -1.93. The Morgan fingerprint density at radius 1 is 1.16 bits per heavy atom. The summed E-state index contributed by atoms with van der Waals surface area (Å²) in [4.78, 5) is 28.5. The van der Waals surface area contributed by atoms with Crippen LogP contribution in [-0.2, 0) is 14.6 Å². The molecule has 1 fully saturated rings. The van der Waals surface area contributed by atoms with Gasteiger partial charge < -0.3 is 15.1 Å². The predicted molar refractivity (Wildman–Crippen MR) is 95.1 cm³/mol. The average Bonchev–Trinajstić information content (AvgIpc) is 2.60. The molecule has 1 atom stereocenters. The monoisotopic (exact) mass is 367 g/mol. The first kappa shape index (κ1) is 19.4. The Bertz CT molecular complexity index is 740. The first-order valence-corrected chi connectivity index (χ1v) is 10.2. The lowest BCUT2D eigenvalue weighted by Crippen LogP contribution is -2.52. The lowest BCUT2D eigenvalue weighted by molar-refractivity contribution is -0.136. The van der Waals surface area contributed by atoms with Gasteiger partial charge in [-0.05, 0) is 25.2 Å². The fourth-order valence-electron chi connectivity index (χ4n) is 2.88. The Kier molecular flexibility index (Phi) is 6.18. The maximum Gasteiger partial charge on any atom is 0.254 e. The molecule has 1 saturated heterocycles. The van der Waals surface area contributed by atoms with Crippen LogP contribution < -0.4 is 5.32 Å². The van der Waals surface area contributed by atoms with Crippen molar-refractivity contribution in [3.8, 4) is 0 Å². The molecule has 7 nitrogen and oxygen atoms in total. The standard InChI is InChI=1S/C17H25N3O4S/c1-13(12-18-2)16(21)19-7-9-20(10-8-19)17(22)14-5-4-6-15(11-14)25(3,23)24/h4-6,11,13,18H,7-10,12H2,1-3H3. The largest absolute Gasteiger partial charge is 0.339 e. The van der Waals surface area contributed by atoms with Crippen LogP contribution in [0.1, 0.15) is 17.3 Å². The van der Waals surface area contributed by atoms with Gasteiger partial charge in [0.25, 0.3) is 5.91 Å². The van der Waals surface area contributed by atoms with Gasteiger partial charge in [0, 0.05) is 50.5 Å². The lowest BCUT2D eigenvalue weighted by atomic mass is 10.1. The smallest absolute Gasteiger partial charge is 0.254 e. The summed E-state index contributed by atoms with van der Waals surface area (Å²) in [6.07, 6.45) is 1.12. The molecule has 0 radical (unpaired) electrons. The molecule has 2 rings (SSSR count). The van der Waals surface area contributed by atoms with E-state index >= 15 is 0 Å². The van der Waals surface area contributed by atoms with Crippen LogP contribution in [0.3, 0.4) is 0 Å². The normalized spacial score (nSPS) is 16.6. The van der Waals surface area contributed by atoms with Crippen molar-refractivity contribution in [1.82, 2.24) is 15.1 Å². The van der Waals surface area contributed by atoms with Crippen LogP contribution in [-0.4, -0.2) is 76.1 Å². The van der Waals surface area contributed by atoms with Crippen molar-refractivity contribution in [3.05, 3.63) is 29.8 Å². The van der Waals surface area contributed by atoms with E-state index in [9.17, 15) is 18.0 Å². The summed E-state index contributed by atoms with van der Waals surface area (Å²) >= 11 is 0. The van der Waals surface area contributed by atoms with Crippen molar-refractivity contribution < 1.29 is 18.0 Å². The van der Waals surface area contributed by atoms with E-state index in [2.05, 4.69) is 5.32 Å². The molecule has 1 heterocycles. The fourth-order valence-corrected chi connectivity index (χ4v) is 3.54. The molecule has 0 spiro atoms. The molecule has 0 saturated carbocycles. The number of nitrogens with zero attached hydrogens (tertiary/aromatic N) is 2. The van der Waals surface area contributed by atoms with Crippen LogP contribution in [0, 0.1) is 5.92 Å². The van der Waals surface area contributed by atoms with E-state index in [0.29, 0.717) is 38.3 Å².